The molecule has 0 aliphatic carbocycles. The lowest BCUT2D eigenvalue weighted by molar-refractivity contribution is -0.139. The number of carbonyl (C=O) groups excluding carboxylic acids is 1. The summed E-state index contributed by atoms with van der Waals surface area (Å²) >= 11 is 1.17. The Morgan fingerprint density at radius 1 is 1.07 bits per heavy atom. The molecular weight excluding hydrogens is 532 g/mol. The topological polar surface area (TPSA) is 120 Å². The number of furan rings is 1. The van der Waals surface area contributed by atoms with Crippen molar-refractivity contribution in [1.29, 1.82) is 0 Å². The molecule has 5 rings (SSSR count). The SMILES string of the molecule is CCOC(=O)C1=C(C)N=c2s/c(=C/c3ccc(-c4ccccc4C(=O)O)o3)c(=O)n2[C@@H]1c1ccc(OCC)cc1. The maximum Gasteiger partial charge on any atom is 0.338 e. The van der Waals surface area contributed by atoms with Gasteiger partial charge in [-0.2, -0.15) is 0 Å². The Hall–Kier alpha value is -4.70. The number of carboxylic acids is 1. The van der Waals surface area contributed by atoms with Crippen LogP contribution in [0.4, 0.5) is 0 Å². The number of benzene rings is 2. The molecule has 0 unspecified atom stereocenters. The van der Waals surface area contributed by atoms with Gasteiger partial charge in [-0.05, 0) is 56.7 Å². The van der Waals surface area contributed by atoms with Gasteiger partial charge in [0.05, 0.1) is 40.6 Å². The molecule has 9 nitrogen and oxygen atoms in total. The van der Waals surface area contributed by atoms with Crippen molar-refractivity contribution in [2.75, 3.05) is 13.2 Å². The first-order chi connectivity index (χ1) is 19.3. The smallest absolute Gasteiger partial charge is 0.338 e. The van der Waals surface area contributed by atoms with Crippen molar-refractivity contribution >= 4 is 29.4 Å². The van der Waals surface area contributed by atoms with Crippen molar-refractivity contribution in [1.82, 2.24) is 4.57 Å². The third-order valence-electron chi connectivity index (χ3n) is 6.35. The van der Waals surface area contributed by atoms with E-state index in [9.17, 15) is 19.5 Å². The molecule has 0 saturated carbocycles. The number of rotatable bonds is 8. The van der Waals surface area contributed by atoms with E-state index in [0.717, 1.165) is 0 Å². The monoisotopic (exact) mass is 558 g/mol. The van der Waals surface area contributed by atoms with E-state index in [1.807, 2.05) is 19.1 Å². The quantitative estimate of drug-likeness (QED) is 0.323. The first-order valence-electron chi connectivity index (χ1n) is 12.7. The van der Waals surface area contributed by atoms with E-state index in [2.05, 4.69) is 4.99 Å². The lowest BCUT2D eigenvalue weighted by Gasteiger charge is -2.24. The number of nitrogens with zero attached hydrogens (tertiary/aromatic N) is 2. The zero-order valence-corrected chi connectivity index (χ0v) is 22.9. The molecule has 3 heterocycles. The minimum Gasteiger partial charge on any atom is -0.494 e. The molecule has 0 bridgehead atoms. The van der Waals surface area contributed by atoms with Crippen LogP contribution in [-0.2, 0) is 9.53 Å². The molecule has 2 aromatic heterocycles. The maximum absolute atomic E-state index is 13.8. The molecule has 0 amide bonds. The molecule has 2 aromatic carbocycles. The zero-order chi connectivity index (χ0) is 28.4. The van der Waals surface area contributed by atoms with Gasteiger partial charge >= 0.3 is 11.9 Å². The van der Waals surface area contributed by atoms with Crippen LogP contribution >= 0.6 is 11.3 Å². The Bertz CT molecular complexity index is 1810. The van der Waals surface area contributed by atoms with Gasteiger partial charge in [-0.25, -0.2) is 14.6 Å². The summed E-state index contributed by atoms with van der Waals surface area (Å²) in [6, 6.07) is 16.4. The average molecular weight is 559 g/mol. The van der Waals surface area contributed by atoms with E-state index in [-0.39, 0.29) is 23.3 Å². The third-order valence-corrected chi connectivity index (χ3v) is 7.33. The van der Waals surface area contributed by atoms with Gasteiger partial charge in [0.25, 0.3) is 5.56 Å². The fourth-order valence-corrected chi connectivity index (χ4v) is 5.64. The summed E-state index contributed by atoms with van der Waals surface area (Å²) in [4.78, 5) is 43.5. The van der Waals surface area contributed by atoms with E-state index in [1.165, 1.54) is 22.0 Å². The van der Waals surface area contributed by atoms with Crippen LogP contribution in [-0.4, -0.2) is 34.8 Å². The Kier molecular flexibility index (Phi) is 7.52. The number of aromatic nitrogens is 1. The second-order valence-electron chi connectivity index (χ2n) is 8.86. The lowest BCUT2D eigenvalue weighted by Crippen LogP contribution is -2.39. The number of ether oxygens (including phenoxy) is 2. The molecule has 4 aromatic rings. The summed E-state index contributed by atoms with van der Waals surface area (Å²) in [5.41, 5.74) is 1.66. The predicted molar refractivity (Wildman–Crippen MR) is 149 cm³/mol. The van der Waals surface area contributed by atoms with Crippen molar-refractivity contribution in [3.8, 4) is 17.1 Å². The molecule has 0 radical (unpaired) electrons. The van der Waals surface area contributed by atoms with Crippen LogP contribution in [0.3, 0.4) is 0 Å². The highest BCUT2D eigenvalue weighted by Gasteiger charge is 2.33. The van der Waals surface area contributed by atoms with Crippen molar-refractivity contribution in [2.24, 2.45) is 4.99 Å². The number of esters is 1. The molecule has 0 saturated heterocycles. The summed E-state index contributed by atoms with van der Waals surface area (Å²) in [5.74, 6) is -0.187. The molecule has 0 fully saturated rings. The molecule has 1 aliphatic heterocycles. The summed E-state index contributed by atoms with van der Waals surface area (Å²) in [5, 5.41) is 9.53. The maximum atomic E-state index is 13.8. The molecule has 40 heavy (non-hydrogen) atoms. The van der Waals surface area contributed by atoms with Crippen molar-refractivity contribution in [3.05, 3.63) is 109 Å². The number of thiazole rings is 1. The number of aromatic carboxylic acids is 1. The van der Waals surface area contributed by atoms with Crippen LogP contribution in [0.5, 0.6) is 5.75 Å². The van der Waals surface area contributed by atoms with E-state index in [1.54, 1.807) is 62.4 Å². The summed E-state index contributed by atoms with van der Waals surface area (Å²) in [7, 11) is 0. The highest BCUT2D eigenvalue weighted by atomic mass is 32.1. The van der Waals surface area contributed by atoms with Crippen LogP contribution < -0.4 is 19.6 Å². The Morgan fingerprint density at radius 2 is 1.82 bits per heavy atom. The third kappa shape index (κ3) is 5.01. The highest BCUT2D eigenvalue weighted by Crippen LogP contribution is 2.32. The molecule has 10 heteroatoms. The van der Waals surface area contributed by atoms with Gasteiger partial charge in [-0.1, -0.05) is 41.7 Å². The standard InChI is InChI=1S/C30H26N2O7S/c1-4-37-19-12-10-18(11-13-19)26-25(29(36)38-5-2)17(3)31-30-32(26)27(33)24(40-30)16-20-14-15-23(39-20)21-8-6-7-9-22(21)28(34)35/h6-16,26H,4-5H2,1-3H3,(H,34,35)/b24-16+/t26-/m1/s1. The molecule has 1 atom stereocenters. The van der Waals surface area contributed by atoms with Gasteiger partial charge < -0.3 is 19.0 Å². The molecule has 1 N–H and O–H groups in total. The second-order valence-corrected chi connectivity index (χ2v) is 9.87. The van der Waals surface area contributed by atoms with E-state index < -0.39 is 18.0 Å². The van der Waals surface area contributed by atoms with Crippen LogP contribution in [0, 0.1) is 0 Å². The minimum atomic E-state index is -1.07. The summed E-state index contributed by atoms with van der Waals surface area (Å²) < 4.78 is 18.7. The van der Waals surface area contributed by atoms with Crippen molar-refractivity contribution < 1.29 is 28.6 Å². The predicted octanol–water partition coefficient (Wildman–Crippen LogP) is 4.16. The number of allylic oxidation sites excluding steroid dienone is 1. The molecular formula is C30H26N2O7S. The normalized spacial score (nSPS) is 15.0. The van der Waals surface area contributed by atoms with Crippen molar-refractivity contribution in [2.45, 2.75) is 26.8 Å². The minimum absolute atomic E-state index is 0.111. The lowest BCUT2D eigenvalue weighted by atomic mass is 9.96. The number of fused-ring (bicyclic) bond motifs is 1. The summed E-state index contributed by atoms with van der Waals surface area (Å²) in [6.45, 7) is 6.04. The summed E-state index contributed by atoms with van der Waals surface area (Å²) in [6.07, 6.45) is 1.59. The fraction of sp³-hybridized carbons (Fsp3) is 0.200. The van der Waals surface area contributed by atoms with Crippen LogP contribution in [0.15, 0.2) is 86.1 Å². The van der Waals surface area contributed by atoms with Gasteiger partial charge in [-0.15, -0.1) is 0 Å². The zero-order valence-electron chi connectivity index (χ0n) is 22.0. The molecule has 0 spiro atoms. The number of carboxylic acid groups (broad SMARTS) is 1. The molecule has 204 valence electrons. The number of hydrogen-bond acceptors (Lipinski definition) is 8. The first-order valence-corrected chi connectivity index (χ1v) is 13.5. The van der Waals surface area contributed by atoms with E-state index >= 15 is 0 Å². The largest absolute Gasteiger partial charge is 0.494 e. The average Bonchev–Trinajstić information content (AvgIpc) is 3.53. The van der Waals surface area contributed by atoms with Crippen LogP contribution in [0.1, 0.15) is 48.5 Å². The Balaban J connectivity index is 1.62. The van der Waals surface area contributed by atoms with Gasteiger partial charge in [0.15, 0.2) is 4.80 Å². The Labute approximate surface area is 232 Å². The van der Waals surface area contributed by atoms with Crippen LogP contribution in [0.2, 0.25) is 0 Å². The number of hydrogen-bond donors (Lipinski definition) is 1. The van der Waals surface area contributed by atoms with E-state index in [0.29, 0.717) is 50.0 Å². The Morgan fingerprint density at radius 3 is 2.52 bits per heavy atom. The molecule has 1 aliphatic rings. The highest BCUT2D eigenvalue weighted by molar-refractivity contribution is 7.07. The van der Waals surface area contributed by atoms with Gasteiger partial charge in [-0.3, -0.25) is 9.36 Å². The first kappa shape index (κ1) is 26.9. The van der Waals surface area contributed by atoms with Gasteiger partial charge in [0.1, 0.15) is 17.3 Å². The van der Waals surface area contributed by atoms with Crippen LogP contribution in [0.25, 0.3) is 17.4 Å². The second kappa shape index (κ2) is 11.2. The van der Waals surface area contributed by atoms with Crippen molar-refractivity contribution in [3.63, 3.8) is 0 Å². The van der Waals surface area contributed by atoms with E-state index in [4.69, 9.17) is 13.9 Å². The number of carbonyl (C=O) groups is 2. The van der Waals surface area contributed by atoms with Gasteiger partial charge in [0, 0.05) is 11.6 Å². The fourth-order valence-electron chi connectivity index (χ4n) is 4.61. The van der Waals surface area contributed by atoms with Gasteiger partial charge in [0.2, 0.25) is 0 Å².